The zero-order valence-electron chi connectivity index (χ0n) is 7.17. The van der Waals surface area contributed by atoms with Crippen LogP contribution in [0.1, 0.15) is 24.8 Å². The third-order valence-corrected chi connectivity index (χ3v) is 2.46. The van der Waals surface area contributed by atoms with Gasteiger partial charge in [-0.3, -0.25) is 0 Å². The molecule has 12 heavy (non-hydrogen) atoms. The highest BCUT2D eigenvalue weighted by Crippen LogP contribution is 2.33. The van der Waals surface area contributed by atoms with E-state index in [-0.39, 0.29) is 0 Å². The van der Waals surface area contributed by atoms with E-state index in [2.05, 4.69) is 12.2 Å². The van der Waals surface area contributed by atoms with Gasteiger partial charge in [0.1, 0.15) is 5.75 Å². The molecule has 1 aliphatic heterocycles. The molecule has 0 spiro atoms. The maximum absolute atomic E-state index is 9.23. The number of fused-ring (bicyclic) bond motifs is 1. The van der Waals surface area contributed by atoms with Crippen LogP contribution in [0, 0.1) is 0 Å². The first-order valence-electron chi connectivity index (χ1n) is 4.34. The Morgan fingerprint density at radius 3 is 3.17 bits per heavy atom. The number of rotatable bonds is 0. The molecule has 0 bridgehead atoms. The molecule has 0 saturated carbocycles. The van der Waals surface area contributed by atoms with E-state index in [1.165, 1.54) is 12.0 Å². The van der Waals surface area contributed by atoms with Crippen LogP contribution in [0.5, 0.6) is 5.75 Å². The van der Waals surface area contributed by atoms with Crippen LogP contribution in [-0.2, 0) is 0 Å². The summed E-state index contributed by atoms with van der Waals surface area (Å²) in [6, 6.07) is 5.55. The summed E-state index contributed by atoms with van der Waals surface area (Å²) >= 11 is 0. The molecule has 1 heterocycles. The van der Waals surface area contributed by atoms with Crippen LogP contribution in [0.2, 0.25) is 0 Å². The predicted octanol–water partition coefficient (Wildman–Crippen LogP) is 2.31. The minimum Gasteiger partial charge on any atom is -0.508 e. The van der Waals surface area contributed by atoms with Gasteiger partial charge in [-0.25, -0.2) is 0 Å². The fourth-order valence-corrected chi connectivity index (χ4v) is 1.71. The van der Waals surface area contributed by atoms with Crippen LogP contribution in [0.25, 0.3) is 0 Å². The lowest BCUT2D eigenvalue weighted by molar-refractivity contribution is 0.474. The van der Waals surface area contributed by atoms with Gasteiger partial charge in [0.15, 0.2) is 0 Å². The Morgan fingerprint density at radius 2 is 2.33 bits per heavy atom. The summed E-state index contributed by atoms with van der Waals surface area (Å²) in [5.74, 6) is 0.956. The number of hydrogen-bond donors (Lipinski definition) is 2. The number of nitrogens with one attached hydrogen (secondary N) is 1. The van der Waals surface area contributed by atoms with Crippen molar-refractivity contribution in [3.8, 4) is 5.75 Å². The molecule has 2 N–H and O–H groups in total. The van der Waals surface area contributed by atoms with Crippen LogP contribution < -0.4 is 5.32 Å². The van der Waals surface area contributed by atoms with Crippen molar-refractivity contribution in [2.24, 2.45) is 0 Å². The number of hydrogen-bond acceptors (Lipinski definition) is 2. The third kappa shape index (κ3) is 1.13. The summed E-state index contributed by atoms with van der Waals surface area (Å²) in [7, 11) is 0. The Hall–Kier alpha value is -1.18. The third-order valence-electron chi connectivity index (χ3n) is 2.46. The molecule has 1 aliphatic rings. The van der Waals surface area contributed by atoms with E-state index < -0.39 is 0 Å². The summed E-state index contributed by atoms with van der Waals surface area (Å²) in [5.41, 5.74) is 2.41. The minimum atomic E-state index is 0.343. The molecule has 0 radical (unpaired) electrons. The molecule has 1 aromatic carbocycles. The first-order chi connectivity index (χ1) is 5.77. The number of benzene rings is 1. The Bertz CT molecular complexity index is 296. The van der Waals surface area contributed by atoms with Gasteiger partial charge in [-0.15, -0.1) is 0 Å². The Balaban J connectivity index is 2.46. The zero-order chi connectivity index (χ0) is 8.55. The molecule has 0 unspecified atom stereocenters. The van der Waals surface area contributed by atoms with Gasteiger partial charge < -0.3 is 10.4 Å². The lowest BCUT2D eigenvalue weighted by Gasteiger charge is -2.23. The molecule has 1 aromatic rings. The lowest BCUT2D eigenvalue weighted by Crippen LogP contribution is -2.14. The smallest absolute Gasteiger partial charge is 0.117 e. The second-order valence-electron chi connectivity index (χ2n) is 3.39. The number of phenolic OH excluding ortho intramolecular Hbond substituents is 1. The number of anilines is 1. The fourth-order valence-electron chi connectivity index (χ4n) is 1.71. The van der Waals surface area contributed by atoms with Crippen molar-refractivity contribution in [2.45, 2.75) is 19.3 Å². The average molecular weight is 163 g/mol. The largest absolute Gasteiger partial charge is 0.508 e. The summed E-state index contributed by atoms with van der Waals surface area (Å²) in [6.07, 6.45) is 1.18. The first kappa shape index (κ1) is 7.47. The van der Waals surface area contributed by atoms with Crippen molar-refractivity contribution in [3.05, 3.63) is 23.8 Å². The van der Waals surface area contributed by atoms with Gasteiger partial charge in [0, 0.05) is 18.3 Å². The SMILES string of the molecule is C[C@@H]1CCNc2cc(O)ccc21. The average Bonchev–Trinajstić information content (AvgIpc) is 2.04. The van der Waals surface area contributed by atoms with Gasteiger partial charge in [0.05, 0.1) is 0 Å². The molecule has 0 fully saturated rings. The Kier molecular flexibility index (Phi) is 1.68. The van der Waals surface area contributed by atoms with Crippen molar-refractivity contribution in [3.63, 3.8) is 0 Å². The molecule has 0 aliphatic carbocycles. The van der Waals surface area contributed by atoms with Crippen LogP contribution in [0.4, 0.5) is 5.69 Å². The predicted molar refractivity (Wildman–Crippen MR) is 49.6 cm³/mol. The van der Waals surface area contributed by atoms with E-state index in [4.69, 9.17) is 0 Å². The van der Waals surface area contributed by atoms with E-state index >= 15 is 0 Å². The standard InChI is InChI=1S/C10H13NO/c1-7-4-5-11-10-6-8(12)2-3-9(7)10/h2-3,6-7,11-12H,4-5H2,1H3/t7-/m1/s1. The zero-order valence-corrected chi connectivity index (χ0v) is 7.17. The quantitative estimate of drug-likeness (QED) is 0.615. The van der Waals surface area contributed by atoms with Gasteiger partial charge in [0.2, 0.25) is 0 Å². The van der Waals surface area contributed by atoms with Gasteiger partial charge in [-0.2, -0.15) is 0 Å². The van der Waals surface area contributed by atoms with Crippen molar-refractivity contribution in [2.75, 3.05) is 11.9 Å². The van der Waals surface area contributed by atoms with Gasteiger partial charge >= 0.3 is 0 Å². The van der Waals surface area contributed by atoms with Gasteiger partial charge in [-0.05, 0) is 24.0 Å². The highest BCUT2D eigenvalue weighted by atomic mass is 16.3. The molecule has 0 amide bonds. The molecule has 1 atom stereocenters. The van der Waals surface area contributed by atoms with Crippen LogP contribution in [0.3, 0.4) is 0 Å². The van der Waals surface area contributed by atoms with E-state index in [0.29, 0.717) is 11.7 Å². The molecule has 0 aromatic heterocycles. The summed E-state index contributed by atoms with van der Waals surface area (Å²) in [6.45, 7) is 3.23. The summed E-state index contributed by atoms with van der Waals surface area (Å²) < 4.78 is 0. The first-order valence-corrected chi connectivity index (χ1v) is 4.34. The topological polar surface area (TPSA) is 32.3 Å². The molecule has 0 saturated heterocycles. The number of phenols is 1. The normalized spacial score (nSPS) is 21.2. The molecule has 2 nitrogen and oxygen atoms in total. The monoisotopic (exact) mass is 163 g/mol. The second-order valence-corrected chi connectivity index (χ2v) is 3.39. The number of aromatic hydroxyl groups is 1. The van der Waals surface area contributed by atoms with Crippen molar-refractivity contribution in [1.29, 1.82) is 0 Å². The van der Waals surface area contributed by atoms with E-state index in [0.717, 1.165) is 12.2 Å². The fraction of sp³-hybridized carbons (Fsp3) is 0.400. The molecular weight excluding hydrogens is 150 g/mol. The highest BCUT2D eigenvalue weighted by molar-refractivity contribution is 5.57. The maximum Gasteiger partial charge on any atom is 0.117 e. The van der Waals surface area contributed by atoms with Gasteiger partial charge in [0.25, 0.3) is 0 Å². The van der Waals surface area contributed by atoms with Crippen molar-refractivity contribution >= 4 is 5.69 Å². The van der Waals surface area contributed by atoms with Gasteiger partial charge in [-0.1, -0.05) is 13.0 Å². The van der Waals surface area contributed by atoms with Crippen LogP contribution in [-0.4, -0.2) is 11.7 Å². The highest BCUT2D eigenvalue weighted by Gasteiger charge is 2.15. The minimum absolute atomic E-state index is 0.343. The maximum atomic E-state index is 9.23. The molecule has 64 valence electrons. The molecule has 2 heteroatoms. The van der Waals surface area contributed by atoms with E-state index in [1.54, 1.807) is 12.1 Å². The van der Waals surface area contributed by atoms with E-state index in [1.807, 2.05) is 6.07 Å². The van der Waals surface area contributed by atoms with Crippen LogP contribution in [0.15, 0.2) is 18.2 Å². The summed E-state index contributed by atoms with van der Waals surface area (Å²) in [5, 5.41) is 12.5. The Labute approximate surface area is 72.2 Å². The molecular formula is C10H13NO. The molecule has 2 rings (SSSR count). The van der Waals surface area contributed by atoms with Crippen molar-refractivity contribution < 1.29 is 5.11 Å². The van der Waals surface area contributed by atoms with E-state index in [9.17, 15) is 5.11 Å². The second kappa shape index (κ2) is 2.70. The van der Waals surface area contributed by atoms with Crippen molar-refractivity contribution in [1.82, 2.24) is 0 Å². The summed E-state index contributed by atoms with van der Waals surface area (Å²) in [4.78, 5) is 0. The lowest BCUT2D eigenvalue weighted by atomic mass is 9.93. The van der Waals surface area contributed by atoms with Crippen LogP contribution >= 0.6 is 0 Å². The Morgan fingerprint density at radius 1 is 1.50 bits per heavy atom.